The van der Waals surface area contributed by atoms with Crippen LogP contribution in [0.2, 0.25) is 0 Å². The molecule has 5 nitrogen and oxygen atoms in total. The Kier molecular flexibility index (Phi) is 4.28. The number of hydrogen-bond acceptors (Lipinski definition) is 3. The molecule has 2 amide bonds. The normalized spacial score (nSPS) is 24.1. The molecule has 0 spiro atoms. The second-order valence-corrected chi connectivity index (χ2v) is 6.17. The molecule has 0 aromatic carbocycles. The Bertz CT molecular complexity index is 385. The minimum absolute atomic E-state index is 0.0208. The molecular weight excluding hydrogens is 244 g/mol. The number of likely N-dealkylation sites (N-methyl/N-ethyl adjacent to an activating group) is 1. The molecule has 0 radical (unpaired) electrons. The molecule has 0 unspecified atom stereocenters. The molecule has 1 heterocycles. The van der Waals surface area contributed by atoms with E-state index in [1.54, 1.807) is 33.9 Å². The van der Waals surface area contributed by atoms with Gasteiger partial charge in [0.05, 0.1) is 0 Å². The Labute approximate surface area is 115 Å². The molecule has 0 saturated carbocycles. The van der Waals surface area contributed by atoms with Crippen LogP contribution in [-0.2, 0) is 9.53 Å². The second kappa shape index (κ2) is 5.23. The van der Waals surface area contributed by atoms with Crippen LogP contribution in [0.5, 0.6) is 0 Å². The van der Waals surface area contributed by atoms with Crippen molar-refractivity contribution in [2.24, 2.45) is 5.92 Å². The molecular formula is C14H24N2O3. The maximum atomic E-state index is 12.3. The Morgan fingerprint density at radius 2 is 1.95 bits per heavy atom. The Hall–Kier alpha value is -1.52. The number of hydrogen-bond donors (Lipinski definition) is 0. The molecule has 1 fully saturated rings. The summed E-state index contributed by atoms with van der Waals surface area (Å²) in [5.41, 5.74) is -0.589. The van der Waals surface area contributed by atoms with E-state index in [1.165, 1.54) is 9.80 Å². The van der Waals surface area contributed by atoms with Crippen LogP contribution in [0.1, 0.15) is 34.6 Å². The highest BCUT2D eigenvalue weighted by atomic mass is 16.6. The molecule has 0 aromatic rings. The average molecular weight is 268 g/mol. The average Bonchev–Trinajstić information content (AvgIpc) is 2.49. The fraction of sp³-hybridized carbons (Fsp3) is 0.714. The van der Waals surface area contributed by atoms with Crippen molar-refractivity contribution < 1.29 is 14.3 Å². The summed E-state index contributed by atoms with van der Waals surface area (Å²) >= 11 is 0. The number of carbonyl (C=O) groups excluding carboxylic acids is 2. The first-order chi connectivity index (χ1) is 8.60. The highest BCUT2D eigenvalue weighted by molar-refractivity contribution is 5.89. The molecule has 2 atom stereocenters. The van der Waals surface area contributed by atoms with Gasteiger partial charge in [0.15, 0.2) is 0 Å². The van der Waals surface area contributed by atoms with Crippen molar-refractivity contribution in [1.29, 1.82) is 0 Å². The van der Waals surface area contributed by atoms with Crippen molar-refractivity contribution in [2.45, 2.75) is 52.4 Å². The summed E-state index contributed by atoms with van der Waals surface area (Å²) < 4.78 is 5.39. The first-order valence-electron chi connectivity index (χ1n) is 6.50. The standard InChI is InChI=1S/C14H24N2O3/c1-8-10-15(7)12(17)11(9(2)3)16(10)13(18)19-14(4,5)6/h8-11H,1H2,2-7H3/t10-,11+/m1/s1. The quantitative estimate of drug-likeness (QED) is 0.722. The molecule has 19 heavy (non-hydrogen) atoms. The Morgan fingerprint density at radius 3 is 2.32 bits per heavy atom. The fourth-order valence-corrected chi connectivity index (χ4v) is 2.22. The van der Waals surface area contributed by atoms with Crippen molar-refractivity contribution in [3.63, 3.8) is 0 Å². The summed E-state index contributed by atoms with van der Waals surface area (Å²) in [6.45, 7) is 13.0. The number of nitrogens with zero attached hydrogens (tertiary/aromatic N) is 2. The van der Waals surface area contributed by atoms with Gasteiger partial charge in [0.1, 0.15) is 17.8 Å². The highest BCUT2D eigenvalue weighted by Gasteiger charge is 2.48. The zero-order chi connectivity index (χ0) is 15.0. The number of carbonyl (C=O) groups is 2. The minimum Gasteiger partial charge on any atom is -0.444 e. The van der Waals surface area contributed by atoms with E-state index in [4.69, 9.17) is 4.74 Å². The predicted octanol–water partition coefficient (Wildman–Crippen LogP) is 2.23. The molecule has 0 N–H and O–H groups in total. The lowest BCUT2D eigenvalue weighted by atomic mass is 10.0. The summed E-state index contributed by atoms with van der Waals surface area (Å²) in [7, 11) is 1.68. The van der Waals surface area contributed by atoms with E-state index < -0.39 is 23.9 Å². The van der Waals surface area contributed by atoms with Crippen molar-refractivity contribution in [3.8, 4) is 0 Å². The van der Waals surface area contributed by atoms with Crippen LogP contribution in [0.25, 0.3) is 0 Å². The minimum atomic E-state index is -0.589. The Morgan fingerprint density at radius 1 is 1.42 bits per heavy atom. The van der Waals surface area contributed by atoms with Crippen LogP contribution in [0.4, 0.5) is 4.79 Å². The van der Waals surface area contributed by atoms with E-state index in [9.17, 15) is 9.59 Å². The number of rotatable bonds is 2. The van der Waals surface area contributed by atoms with E-state index in [0.29, 0.717) is 0 Å². The molecule has 108 valence electrons. The van der Waals surface area contributed by atoms with Crippen LogP contribution in [-0.4, -0.2) is 46.7 Å². The zero-order valence-electron chi connectivity index (χ0n) is 12.6. The topological polar surface area (TPSA) is 49.9 Å². The zero-order valence-corrected chi connectivity index (χ0v) is 12.6. The molecule has 0 aromatic heterocycles. The summed E-state index contributed by atoms with van der Waals surface area (Å²) in [4.78, 5) is 27.5. The van der Waals surface area contributed by atoms with Gasteiger partial charge < -0.3 is 9.64 Å². The largest absolute Gasteiger partial charge is 0.444 e. The van der Waals surface area contributed by atoms with E-state index in [0.717, 1.165) is 0 Å². The first kappa shape index (κ1) is 15.5. The third kappa shape index (κ3) is 3.08. The summed E-state index contributed by atoms with van der Waals surface area (Å²) in [5.74, 6) is -0.0572. The van der Waals surface area contributed by atoms with Gasteiger partial charge in [0, 0.05) is 7.05 Å². The van der Waals surface area contributed by atoms with Gasteiger partial charge in [-0.05, 0) is 32.8 Å². The lowest BCUT2D eigenvalue weighted by Gasteiger charge is -2.31. The van der Waals surface area contributed by atoms with Crippen molar-refractivity contribution >= 4 is 12.0 Å². The van der Waals surface area contributed by atoms with E-state index >= 15 is 0 Å². The molecule has 1 rings (SSSR count). The SMILES string of the molecule is C=C[C@@H]1N(C)C(=O)[C@H](C(C)C)N1C(=O)OC(C)(C)C. The van der Waals surface area contributed by atoms with Crippen LogP contribution in [0, 0.1) is 5.92 Å². The number of ether oxygens (including phenoxy) is 1. The lowest BCUT2D eigenvalue weighted by molar-refractivity contribution is -0.129. The van der Waals surface area contributed by atoms with E-state index in [1.807, 2.05) is 13.8 Å². The van der Waals surface area contributed by atoms with Crippen LogP contribution in [0.15, 0.2) is 12.7 Å². The van der Waals surface area contributed by atoms with Crippen LogP contribution < -0.4 is 0 Å². The van der Waals surface area contributed by atoms with Gasteiger partial charge in [-0.25, -0.2) is 4.79 Å². The second-order valence-electron chi connectivity index (χ2n) is 6.17. The molecule has 0 aliphatic carbocycles. The number of amides is 2. The van der Waals surface area contributed by atoms with Gasteiger partial charge in [0.25, 0.3) is 0 Å². The lowest BCUT2D eigenvalue weighted by Crippen LogP contribution is -2.47. The molecule has 5 heteroatoms. The fourth-order valence-electron chi connectivity index (χ4n) is 2.22. The molecule has 1 aliphatic heterocycles. The predicted molar refractivity (Wildman–Crippen MR) is 73.5 cm³/mol. The van der Waals surface area contributed by atoms with Gasteiger partial charge in [-0.1, -0.05) is 20.4 Å². The monoisotopic (exact) mass is 268 g/mol. The van der Waals surface area contributed by atoms with Gasteiger partial charge in [-0.15, -0.1) is 0 Å². The third-order valence-corrected chi connectivity index (χ3v) is 3.03. The third-order valence-electron chi connectivity index (χ3n) is 3.03. The van der Waals surface area contributed by atoms with Gasteiger partial charge >= 0.3 is 6.09 Å². The highest BCUT2D eigenvalue weighted by Crippen LogP contribution is 2.28. The van der Waals surface area contributed by atoms with Crippen LogP contribution >= 0.6 is 0 Å². The smallest absolute Gasteiger partial charge is 0.412 e. The molecule has 0 bridgehead atoms. The van der Waals surface area contributed by atoms with Gasteiger partial charge in [0.2, 0.25) is 5.91 Å². The Balaban J connectivity index is 3.08. The van der Waals surface area contributed by atoms with Gasteiger partial charge in [-0.3, -0.25) is 9.69 Å². The summed E-state index contributed by atoms with van der Waals surface area (Å²) in [6.07, 6.45) is 0.660. The molecule has 1 saturated heterocycles. The van der Waals surface area contributed by atoms with Crippen molar-refractivity contribution in [1.82, 2.24) is 9.80 Å². The summed E-state index contributed by atoms with van der Waals surface area (Å²) in [5, 5.41) is 0. The maximum Gasteiger partial charge on any atom is 0.412 e. The van der Waals surface area contributed by atoms with Crippen LogP contribution in [0.3, 0.4) is 0 Å². The maximum absolute atomic E-state index is 12.3. The molecule has 1 aliphatic rings. The van der Waals surface area contributed by atoms with Gasteiger partial charge in [-0.2, -0.15) is 0 Å². The van der Waals surface area contributed by atoms with E-state index in [2.05, 4.69) is 6.58 Å². The summed E-state index contributed by atoms with van der Waals surface area (Å²) in [6, 6.07) is -0.497. The van der Waals surface area contributed by atoms with Crippen molar-refractivity contribution in [3.05, 3.63) is 12.7 Å². The van der Waals surface area contributed by atoms with Crippen molar-refractivity contribution in [2.75, 3.05) is 7.05 Å². The van der Waals surface area contributed by atoms with E-state index in [-0.39, 0.29) is 11.8 Å². The first-order valence-corrected chi connectivity index (χ1v) is 6.50.